The summed E-state index contributed by atoms with van der Waals surface area (Å²) in [6.45, 7) is 2.72. The average Bonchev–Trinajstić information content (AvgIpc) is 3.11. The Morgan fingerprint density at radius 1 is 0.906 bits per heavy atom. The van der Waals surface area contributed by atoms with Crippen molar-refractivity contribution < 1.29 is 19.1 Å². The van der Waals surface area contributed by atoms with Gasteiger partial charge in [-0.25, -0.2) is 0 Å². The molecule has 0 spiro atoms. The van der Waals surface area contributed by atoms with E-state index in [1.807, 2.05) is 31.2 Å². The third-order valence-electron chi connectivity index (χ3n) is 5.29. The summed E-state index contributed by atoms with van der Waals surface area (Å²) < 4.78 is 5.84. The highest BCUT2D eigenvalue weighted by Crippen LogP contribution is 2.19. The molecule has 0 unspecified atom stereocenters. The van der Waals surface area contributed by atoms with E-state index in [1.165, 1.54) is 10.5 Å². The zero-order valence-electron chi connectivity index (χ0n) is 17.8. The molecule has 1 aliphatic heterocycles. The molecular weight excluding hydrogens is 404 g/mol. The molecule has 162 valence electrons. The van der Waals surface area contributed by atoms with Crippen LogP contribution in [0, 0.1) is 6.92 Å². The highest BCUT2D eigenvalue weighted by atomic mass is 16.5. The number of carbonyl (C=O) groups excluding carboxylic acids is 3. The number of hydrogen-bond donors (Lipinski definition) is 1. The first-order valence-electron chi connectivity index (χ1n) is 10.5. The van der Waals surface area contributed by atoms with Gasteiger partial charge in [0.1, 0.15) is 12.4 Å². The van der Waals surface area contributed by atoms with Crippen LogP contribution in [0.15, 0.2) is 72.8 Å². The van der Waals surface area contributed by atoms with Crippen molar-refractivity contribution in [1.82, 2.24) is 4.90 Å². The lowest BCUT2D eigenvalue weighted by atomic mass is 10.1. The molecule has 3 amide bonds. The SMILES string of the molecule is Cc1cccc(COc2cccc(C(=O)Nc3ccc(CN4C(=O)CCC4=O)cc3)c2)c1. The second-order valence-corrected chi connectivity index (χ2v) is 7.83. The number of nitrogens with zero attached hydrogens (tertiary/aromatic N) is 1. The van der Waals surface area contributed by atoms with Crippen molar-refractivity contribution in [2.24, 2.45) is 0 Å². The smallest absolute Gasteiger partial charge is 0.255 e. The van der Waals surface area contributed by atoms with Gasteiger partial charge in [0.15, 0.2) is 0 Å². The molecule has 1 saturated heterocycles. The number of carbonyl (C=O) groups is 3. The monoisotopic (exact) mass is 428 g/mol. The van der Waals surface area contributed by atoms with E-state index >= 15 is 0 Å². The molecule has 0 radical (unpaired) electrons. The molecular formula is C26H24N2O4. The minimum atomic E-state index is -0.247. The maximum Gasteiger partial charge on any atom is 0.255 e. The Labute approximate surface area is 186 Å². The molecule has 0 bridgehead atoms. The number of ether oxygens (including phenoxy) is 1. The fourth-order valence-electron chi connectivity index (χ4n) is 3.57. The fraction of sp³-hybridized carbons (Fsp3) is 0.192. The van der Waals surface area contributed by atoms with Crippen LogP contribution in [0.25, 0.3) is 0 Å². The lowest BCUT2D eigenvalue weighted by molar-refractivity contribution is -0.139. The minimum absolute atomic E-state index is 0.142. The van der Waals surface area contributed by atoms with Crippen molar-refractivity contribution in [3.8, 4) is 5.75 Å². The molecule has 6 heteroatoms. The van der Waals surface area contributed by atoms with Crippen LogP contribution < -0.4 is 10.1 Å². The van der Waals surface area contributed by atoms with E-state index in [2.05, 4.69) is 11.4 Å². The van der Waals surface area contributed by atoms with E-state index in [0.29, 0.717) is 23.6 Å². The standard InChI is InChI=1S/C26H24N2O4/c1-18-4-2-5-20(14-18)17-32-23-7-3-6-21(15-23)26(31)27-22-10-8-19(9-11-22)16-28-24(29)12-13-25(28)30/h2-11,14-15H,12-13,16-17H2,1H3,(H,27,31). The van der Waals surface area contributed by atoms with Gasteiger partial charge in [0.2, 0.25) is 11.8 Å². The Hall–Kier alpha value is -3.93. The molecule has 4 rings (SSSR count). The minimum Gasteiger partial charge on any atom is -0.489 e. The Kier molecular flexibility index (Phi) is 6.31. The normalized spacial score (nSPS) is 13.3. The second-order valence-electron chi connectivity index (χ2n) is 7.83. The third-order valence-corrected chi connectivity index (χ3v) is 5.29. The van der Waals surface area contributed by atoms with Gasteiger partial charge in [0.05, 0.1) is 6.54 Å². The Balaban J connectivity index is 1.35. The van der Waals surface area contributed by atoms with Crippen LogP contribution >= 0.6 is 0 Å². The van der Waals surface area contributed by atoms with Crippen molar-refractivity contribution in [2.75, 3.05) is 5.32 Å². The molecule has 3 aromatic carbocycles. The molecule has 1 heterocycles. The van der Waals surface area contributed by atoms with E-state index < -0.39 is 0 Å². The van der Waals surface area contributed by atoms with Crippen LogP contribution in [0.4, 0.5) is 5.69 Å². The van der Waals surface area contributed by atoms with E-state index in [4.69, 9.17) is 4.74 Å². The van der Waals surface area contributed by atoms with Gasteiger partial charge < -0.3 is 10.1 Å². The van der Waals surface area contributed by atoms with Crippen molar-refractivity contribution in [3.63, 3.8) is 0 Å². The first-order chi connectivity index (χ1) is 15.5. The van der Waals surface area contributed by atoms with Crippen LogP contribution in [0.2, 0.25) is 0 Å². The number of hydrogen-bond acceptors (Lipinski definition) is 4. The number of nitrogens with one attached hydrogen (secondary N) is 1. The average molecular weight is 428 g/mol. The summed E-state index contributed by atoms with van der Waals surface area (Å²) in [5, 5.41) is 2.86. The van der Waals surface area contributed by atoms with E-state index in [-0.39, 0.29) is 37.1 Å². The summed E-state index contributed by atoms with van der Waals surface area (Å²) in [5.74, 6) is 0.0897. The number of amides is 3. The van der Waals surface area contributed by atoms with Gasteiger partial charge in [-0.3, -0.25) is 19.3 Å². The molecule has 1 aliphatic rings. The van der Waals surface area contributed by atoms with Crippen molar-refractivity contribution in [1.29, 1.82) is 0 Å². The number of imide groups is 1. The van der Waals surface area contributed by atoms with Crippen LogP contribution in [-0.4, -0.2) is 22.6 Å². The molecule has 1 N–H and O–H groups in total. The Morgan fingerprint density at radius 2 is 1.62 bits per heavy atom. The summed E-state index contributed by atoms with van der Waals surface area (Å²) in [6.07, 6.45) is 0.557. The number of likely N-dealkylation sites (tertiary alicyclic amines) is 1. The predicted molar refractivity (Wildman–Crippen MR) is 121 cm³/mol. The number of benzene rings is 3. The lowest BCUT2D eigenvalue weighted by Gasteiger charge is -2.14. The van der Waals surface area contributed by atoms with Gasteiger partial charge in [-0.05, 0) is 48.4 Å². The Bertz CT molecular complexity index is 1140. The molecule has 0 saturated carbocycles. The van der Waals surface area contributed by atoms with Gasteiger partial charge in [-0.1, -0.05) is 48.0 Å². The number of aryl methyl sites for hydroxylation is 1. The quantitative estimate of drug-likeness (QED) is 0.563. The zero-order valence-corrected chi connectivity index (χ0v) is 17.8. The summed E-state index contributed by atoms with van der Waals surface area (Å²) in [4.78, 5) is 37.5. The zero-order chi connectivity index (χ0) is 22.5. The van der Waals surface area contributed by atoms with E-state index in [9.17, 15) is 14.4 Å². The van der Waals surface area contributed by atoms with Crippen LogP contribution in [0.3, 0.4) is 0 Å². The second kappa shape index (κ2) is 9.47. The summed E-state index contributed by atoms with van der Waals surface area (Å²) in [6, 6.07) is 22.3. The van der Waals surface area contributed by atoms with E-state index in [0.717, 1.165) is 11.1 Å². The fourth-order valence-corrected chi connectivity index (χ4v) is 3.57. The Morgan fingerprint density at radius 3 is 2.34 bits per heavy atom. The number of rotatable bonds is 7. The largest absolute Gasteiger partial charge is 0.489 e. The van der Waals surface area contributed by atoms with Crippen molar-refractivity contribution in [2.45, 2.75) is 32.9 Å². The molecule has 3 aromatic rings. The summed E-state index contributed by atoms with van der Waals surface area (Å²) >= 11 is 0. The van der Waals surface area contributed by atoms with Gasteiger partial charge in [-0.2, -0.15) is 0 Å². The first-order valence-corrected chi connectivity index (χ1v) is 10.5. The lowest BCUT2D eigenvalue weighted by Crippen LogP contribution is -2.28. The molecule has 32 heavy (non-hydrogen) atoms. The predicted octanol–water partition coefficient (Wildman–Crippen LogP) is 4.48. The van der Waals surface area contributed by atoms with Crippen LogP contribution in [0.5, 0.6) is 5.75 Å². The van der Waals surface area contributed by atoms with Gasteiger partial charge >= 0.3 is 0 Å². The molecule has 6 nitrogen and oxygen atoms in total. The highest BCUT2D eigenvalue weighted by molar-refractivity contribution is 6.04. The highest BCUT2D eigenvalue weighted by Gasteiger charge is 2.28. The maximum absolute atomic E-state index is 12.7. The van der Waals surface area contributed by atoms with Crippen LogP contribution in [-0.2, 0) is 22.7 Å². The topological polar surface area (TPSA) is 75.7 Å². The number of anilines is 1. The van der Waals surface area contributed by atoms with Crippen molar-refractivity contribution >= 4 is 23.4 Å². The molecule has 0 aliphatic carbocycles. The third kappa shape index (κ3) is 5.21. The van der Waals surface area contributed by atoms with Crippen LogP contribution in [0.1, 0.15) is 39.9 Å². The van der Waals surface area contributed by atoms with Gasteiger partial charge in [-0.15, -0.1) is 0 Å². The molecule has 1 fully saturated rings. The van der Waals surface area contributed by atoms with Gasteiger partial charge in [0.25, 0.3) is 5.91 Å². The summed E-state index contributed by atoms with van der Waals surface area (Å²) in [7, 11) is 0. The first kappa shape index (κ1) is 21.3. The van der Waals surface area contributed by atoms with Gasteiger partial charge in [0, 0.05) is 24.1 Å². The molecule has 0 aromatic heterocycles. The van der Waals surface area contributed by atoms with Crippen molar-refractivity contribution in [3.05, 3.63) is 95.1 Å². The molecule has 0 atom stereocenters. The summed E-state index contributed by atoms with van der Waals surface area (Å²) in [5.41, 5.74) is 4.19. The van der Waals surface area contributed by atoms with E-state index in [1.54, 1.807) is 42.5 Å². The maximum atomic E-state index is 12.7.